The molecule has 146 valence electrons. The summed E-state index contributed by atoms with van der Waals surface area (Å²) < 4.78 is 10.7. The van der Waals surface area contributed by atoms with Crippen molar-refractivity contribution < 1.29 is 23.9 Å². The Hall–Kier alpha value is -4.38. The third kappa shape index (κ3) is 1.91. The number of amides is 1. The largest absolute Gasteiger partial charge is 0.497 e. The average Bonchev–Trinajstić information content (AvgIpc) is 3.03. The van der Waals surface area contributed by atoms with Crippen LogP contribution < -0.4 is 15.8 Å². The monoisotopic (exact) mass is 399 g/mol. The lowest BCUT2D eigenvalue weighted by Gasteiger charge is -2.36. The quantitative estimate of drug-likeness (QED) is 0.749. The third-order valence-corrected chi connectivity index (χ3v) is 5.62. The Morgan fingerprint density at radius 1 is 1.10 bits per heavy atom. The number of nitriles is 1. The predicted molar refractivity (Wildman–Crippen MR) is 103 cm³/mol. The summed E-state index contributed by atoms with van der Waals surface area (Å²) in [5, 5.41) is 12.6. The number of benzene rings is 2. The first-order valence-electron chi connectivity index (χ1n) is 8.96. The van der Waals surface area contributed by atoms with Gasteiger partial charge in [0.05, 0.1) is 12.7 Å². The first-order valence-corrected chi connectivity index (χ1v) is 8.96. The third-order valence-electron chi connectivity index (χ3n) is 5.62. The topological polar surface area (TPSA) is 132 Å². The highest BCUT2D eigenvalue weighted by Crippen LogP contribution is 2.54. The van der Waals surface area contributed by atoms with Gasteiger partial charge in [-0.15, -0.1) is 0 Å². The average molecular weight is 399 g/mol. The molecule has 8 nitrogen and oxygen atoms in total. The van der Waals surface area contributed by atoms with Crippen LogP contribution in [0, 0.1) is 11.3 Å². The molecule has 5 rings (SSSR count). The van der Waals surface area contributed by atoms with E-state index in [1.165, 1.54) is 19.2 Å². The minimum atomic E-state index is -1.92. The summed E-state index contributed by atoms with van der Waals surface area (Å²) >= 11 is 0. The number of ketones is 2. The van der Waals surface area contributed by atoms with Crippen LogP contribution in [0.25, 0.3) is 0 Å². The van der Waals surface area contributed by atoms with E-state index in [0.29, 0.717) is 17.0 Å². The van der Waals surface area contributed by atoms with Crippen molar-refractivity contribution in [2.75, 3.05) is 12.4 Å². The molecule has 1 atom stereocenters. The molecule has 0 saturated heterocycles. The molecule has 2 aromatic rings. The number of Topliss-reactive ketones (excluding diaryl/α,β-unsaturated/α-hetero) is 2. The van der Waals surface area contributed by atoms with Crippen molar-refractivity contribution in [1.29, 1.82) is 5.26 Å². The molecule has 0 unspecified atom stereocenters. The molecule has 1 aliphatic carbocycles. The molecular weight excluding hydrogens is 386 g/mol. The molecule has 2 aromatic carbocycles. The van der Waals surface area contributed by atoms with E-state index in [1.54, 1.807) is 30.3 Å². The van der Waals surface area contributed by atoms with Crippen molar-refractivity contribution in [3.63, 3.8) is 0 Å². The molecule has 30 heavy (non-hydrogen) atoms. The normalized spacial score (nSPS) is 21.5. The summed E-state index contributed by atoms with van der Waals surface area (Å²) in [7, 11) is 1.45. The Balaban J connectivity index is 1.91. The summed E-state index contributed by atoms with van der Waals surface area (Å²) in [6.07, 6.45) is 0. The second-order valence-electron chi connectivity index (χ2n) is 6.98. The van der Waals surface area contributed by atoms with Crippen molar-refractivity contribution in [2.45, 2.75) is 5.41 Å². The van der Waals surface area contributed by atoms with Gasteiger partial charge in [0.1, 0.15) is 22.8 Å². The van der Waals surface area contributed by atoms with Gasteiger partial charge in [-0.25, -0.2) is 0 Å². The van der Waals surface area contributed by atoms with Crippen molar-refractivity contribution in [2.24, 2.45) is 5.73 Å². The number of hydrogen-bond acceptors (Lipinski definition) is 7. The van der Waals surface area contributed by atoms with Gasteiger partial charge < -0.3 is 20.5 Å². The first kappa shape index (κ1) is 17.7. The van der Waals surface area contributed by atoms with Gasteiger partial charge in [0.15, 0.2) is 11.5 Å². The second kappa shape index (κ2) is 5.81. The fraction of sp³-hybridized carbons (Fsp3) is 0.0909. The zero-order valence-electron chi connectivity index (χ0n) is 15.6. The van der Waals surface area contributed by atoms with E-state index in [-0.39, 0.29) is 28.0 Å². The van der Waals surface area contributed by atoms with Crippen molar-refractivity contribution in [3.8, 4) is 11.8 Å². The van der Waals surface area contributed by atoms with Crippen LogP contribution in [0.4, 0.5) is 5.69 Å². The van der Waals surface area contributed by atoms with Crippen LogP contribution in [0.15, 0.2) is 65.3 Å². The fourth-order valence-corrected chi connectivity index (χ4v) is 4.30. The molecule has 3 aliphatic rings. The maximum absolute atomic E-state index is 13.6. The minimum Gasteiger partial charge on any atom is -0.497 e. The van der Waals surface area contributed by atoms with Crippen molar-refractivity contribution in [3.05, 3.63) is 81.9 Å². The summed E-state index contributed by atoms with van der Waals surface area (Å²) in [5.41, 5.74) is 4.55. The number of rotatable bonds is 1. The number of nitrogens with zero attached hydrogens (tertiary/aromatic N) is 1. The minimum absolute atomic E-state index is 0.131. The zero-order valence-corrected chi connectivity index (χ0v) is 15.6. The standard InChI is InChI=1S/C22H13N3O5/c1-29-10-6-7-15-13(8-10)22(21(28)25-15)14(9-23)20(24)30-19-16(22)17(26)11-4-2-3-5-12(11)18(19)27/h2-8H,24H2,1H3,(H,25,28)/t22-/m0/s1. The Bertz CT molecular complexity index is 1310. The van der Waals surface area contributed by atoms with Gasteiger partial charge in [0.2, 0.25) is 17.6 Å². The Morgan fingerprint density at radius 3 is 2.47 bits per heavy atom. The number of carbonyl (C=O) groups excluding carboxylic acids is 3. The molecule has 2 heterocycles. The van der Waals surface area contributed by atoms with Gasteiger partial charge in [-0.3, -0.25) is 14.4 Å². The zero-order chi connectivity index (χ0) is 21.2. The van der Waals surface area contributed by atoms with Crippen molar-refractivity contribution in [1.82, 2.24) is 0 Å². The van der Waals surface area contributed by atoms with E-state index in [0.717, 1.165) is 0 Å². The lowest BCUT2D eigenvalue weighted by molar-refractivity contribution is -0.118. The maximum atomic E-state index is 13.6. The summed E-state index contributed by atoms with van der Waals surface area (Å²) in [4.78, 5) is 40.1. The Morgan fingerprint density at radius 2 is 1.80 bits per heavy atom. The number of allylic oxidation sites excluding steroid dienone is 1. The SMILES string of the molecule is COc1ccc2c(c1)[C@]1(C(=O)N2)C(C#N)=C(N)OC2=C1C(=O)c1ccccc1C2=O. The number of nitrogens with two attached hydrogens (primary N) is 1. The maximum Gasteiger partial charge on any atom is 0.245 e. The Kier molecular flexibility index (Phi) is 3.43. The molecule has 0 saturated carbocycles. The van der Waals surface area contributed by atoms with Gasteiger partial charge in [-0.2, -0.15) is 5.26 Å². The van der Waals surface area contributed by atoms with E-state index < -0.39 is 28.8 Å². The lowest BCUT2D eigenvalue weighted by Crippen LogP contribution is -2.48. The summed E-state index contributed by atoms with van der Waals surface area (Å²) in [6, 6.07) is 12.9. The summed E-state index contributed by atoms with van der Waals surface area (Å²) in [5.74, 6) is -2.16. The molecule has 1 amide bonds. The molecule has 8 heteroatoms. The van der Waals surface area contributed by atoms with Crippen LogP contribution >= 0.6 is 0 Å². The van der Waals surface area contributed by atoms with Crippen LogP contribution in [0.1, 0.15) is 26.3 Å². The van der Waals surface area contributed by atoms with Crippen LogP contribution in [0.5, 0.6) is 5.75 Å². The van der Waals surface area contributed by atoms with Gasteiger partial charge in [0, 0.05) is 22.4 Å². The highest BCUT2D eigenvalue weighted by molar-refractivity contribution is 6.31. The molecule has 0 bridgehead atoms. The number of hydrogen-bond donors (Lipinski definition) is 2. The Labute approximate surface area is 170 Å². The first-order chi connectivity index (χ1) is 14.4. The molecule has 0 radical (unpaired) electrons. The van der Waals surface area contributed by atoms with Gasteiger partial charge >= 0.3 is 0 Å². The second-order valence-corrected chi connectivity index (χ2v) is 6.98. The smallest absolute Gasteiger partial charge is 0.245 e. The van der Waals surface area contributed by atoms with Crippen LogP contribution in [0.2, 0.25) is 0 Å². The van der Waals surface area contributed by atoms with Crippen LogP contribution in [-0.4, -0.2) is 24.6 Å². The fourth-order valence-electron chi connectivity index (χ4n) is 4.30. The van der Waals surface area contributed by atoms with E-state index >= 15 is 0 Å². The molecule has 0 fully saturated rings. The highest BCUT2D eigenvalue weighted by Gasteiger charge is 2.61. The number of nitrogens with one attached hydrogen (secondary N) is 1. The van der Waals surface area contributed by atoms with Gasteiger partial charge in [0.25, 0.3) is 0 Å². The van der Waals surface area contributed by atoms with Gasteiger partial charge in [-0.05, 0) is 18.2 Å². The molecule has 3 N–H and O–H groups in total. The molecular formula is C22H13N3O5. The molecule has 1 spiro atoms. The van der Waals surface area contributed by atoms with E-state index in [1.807, 2.05) is 6.07 Å². The lowest BCUT2D eigenvalue weighted by atomic mass is 9.64. The number of methoxy groups -OCH3 is 1. The summed E-state index contributed by atoms with van der Waals surface area (Å²) in [6.45, 7) is 0. The predicted octanol–water partition coefficient (Wildman–Crippen LogP) is 1.94. The number of ether oxygens (including phenoxy) is 2. The van der Waals surface area contributed by atoms with Crippen LogP contribution in [-0.2, 0) is 14.9 Å². The van der Waals surface area contributed by atoms with Gasteiger partial charge in [-0.1, -0.05) is 24.3 Å². The molecule has 2 aliphatic heterocycles. The van der Waals surface area contributed by atoms with E-state index in [4.69, 9.17) is 15.2 Å². The number of carbonyl (C=O) groups is 3. The van der Waals surface area contributed by atoms with Crippen LogP contribution in [0.3, 0.4) is 0 Å². The van der Waals surface area contributed by atoms with Crippen molar-refractivity contribution >= 4 is 23.2 Å². The highest BCUT2D eigenvalue weighted by atomic mass is 16.5. The van der Waals surface area contributed by atoms with E-state index in [2.05, 4.69) is 5.32 Å². The van der Waals surface area contributed by atoms with E-state index in [9.17, 15) is 19.6 Å². The number of anilines is 1. The molecule has 0 aromatic heterocycles. The number of fused-ring (bicyclic) bond motifs is 4.